The van der Waals surface area contributed by atoms with Crippen molar-refractivity contribution < 1.29 is 4.21 Å². The first kappa shape index (κ1) is 11.1. The molecule has 1 aliphatic heterocycles. The highest BCUT2D eigenvalue weighted by Crippen LogP contribution is 2.11. The van der Waals surface area contributed by atoms with E-state index in [0.717, 1.165) is 31.7 Å². The van der Waals surface area contributed by atoms with Gasteiger partial charge < -0.3 is 5.73 Å². The summed E-state index contributed by atoms with van der Waals surface area (Å²) in [6, 6.07) is 0.828. The summed E-state index contributed by atoms with van der Waals surface area (Å²) in [7, 11) is -0.679. The normalized spacial score (nSPS) is 25.8. The van der Waals surface area contributed by atoms with E-state index in [9.17, 15) is 4.21 Å². The Kier molecular flexibility index (Phi) is 4.35. The first-order valence-electron chi connectivity index (χ1n) is 4.89. The van der Waals surface area contributed by atoms with E-state index >= 15 is 0 Å². The molecule has 0 aliphatic carbocycles. The van der Waals surface area contributed by atoms with Crippen LogP contribution in [0.15, 0.2) is 0 Å². The zero-order valence-corrected chi connectivity index (χ0v) is 9.35. The molecule has 0 radical (unpaired) electrons. The lowest BCUT2D eigenvalue weighted by Gasteiger charge is -2.34. The predicted octanol–water partition coefficient (Wildman–Crippen LogP) is 0.177. The molecule has 2 unspecified atom stereocenters. The smallest absolute Gasteiger partial charge is 0.0385 e. The lowest BCUT2D eigenvalue weighted by molar-refractivity contribution is 0.175. The van der Waals surface area contributed by atoms with Gasteiger partial charge in [0.25, 0.3) is 0 Å². The van der Waals surface area contributed by atoms with Gasteiger partial charge in [-0.2, -0.15) is 0 Å². The van der Waals surface area contributed by atoms with Crippen molar-refractivity contribution >= 4 is 10.8 Å². The van der Waals surface area contributed by atoms with Crippen LogP contribution in [0.5, 0.6) is 0 Å². The van der Waals surface area contributed by atoms with E-state index in [2.05, 4.69) is 11.8 Å². The van der Waals surface area contributed by atoms with Crippen molar-refractivity contribution in [2.45, 2.75) is 31.8 Å². The minimum atomic E-state index is -0.679. The molecule has 1 heterocycles. The maximum absolute atomic E-state index is 11.0. The quantitative estimate of drug-likeness (QED) is 0.713. The summed E-state index contributed by atoms with van der Waals surface area (Å²) in [6.07, 6.45) is 3.94. The van der Waals surface area contributed by atoms with E-state index < -0.39 is 10.8 Å². The SMILES string of the molecule is CC(CS(C)=O)N1CCC(N)CC1. The summed E-state index contributed by atoms with van der Waals surface area (Å²) in [4.78, 5) is 2.39. The van der Waals surface area contributed by atoms with Gasteiger partial charge in [-0.1, -0.05) is 0 Å². The van der Waals surface area contributed by atoms with Gasteiger partial charge in [-0.05, 0) is 32.9 Å². The van der Waals surface area contributed by atoms with Gasteiger partial charge in [0.05, 0.1) is 0 Å². The van der Waals surface area contributed by atoms with E-state index in [-0.39, 0.29) is 0 Å². The van der Waals surface area contributed by atoms with Crippen LogP contribution in [-0.2, 0) is 10.8 Å². The number of rotatable bonds is 3. The predicted molar refractivity (Wildman–Crippen MR) is 57.2 cm³/mol. The highest BCUT2D eigenvalue weighted by Gasteiger charge is 2.20. The third-order valence-electron chi connectivity index (χ3n) is 2.67. The van der Waals surface area contributed by atoms with Crippen molar-refractivity contribution in [2.75, 3.05) is 25.1 Å². The Morgan fingerprint density at radius 3 is 2.54 bits per heavy atom. The van der Waals surface area contributed by atoms with Gasteiger partial charge in [0, 0.05) is 34.9 Å². The van der Waals surface area contributed by atoms with Crippen LogP contribution in [-0.4, -0.2) is 46.3 Å². The molecular weight excluding hydrogens is 184 g/mol. The van der Waals surface area contributed by atoms with Crippen molar-refractivity contribution in [3.8, 4) is 0 Å². The van der Waals surface area contributed by atoms with Crippen molar-refractivity contribution in [3.05, 3.63) is 0 Å². The fraction of sp³-hybridized carbons (Fsp3) is 1.00. The van der Waals surface area contributed by atoms with E-state index in [1.807, 2.05) is 0 Å². The Balaban J connectivity index is 2.31. The number of hydrogen-bond acceptors (Lipinski definition) is 3. The summed E-state index contributed by atoms with van der Waals surface area (Å²) >= 11 is 0. The van der Waals surface area contributed by atoms with Crippen LogP contribution in [0.1, 0.15) is 19.8 Å². The summed E-state index contributed by atoms with van der Waals surface area (Å²) in [5.74, 6) is 0.787. The number of nitrogens with two attached hydrogens (primary N) is 1. The van der Waals surface area contributed by atoms with Gasteiger partial charge in [0.1, 0.15) is 0 Å². The molecule has 13 heavy (non-hydrogen) atoms. The first-order valence-corrected chi connectivity index (χ1v) is 6.62. The monoisotopic (exact) mass is 204 g/mol. The van der Waals surface area contributed by atoms with Crippen molar-refractivity contribution in [3.63, 3.8) is 0 Å². The summed E-state index contributed by atoms with van der Waals surface area (Å²) in [5.41, 5.74) is 5.81. The zero-order valence-electron chi connectivity index (χ0n) is 8.53. The fourth-order valence-electron chi connectivity index (χ4n) is 1.81. The molecule has 1 aliphatic rings. The average molecular weight is 204 g/mol. The first-order chi connectivity index (χ1) is 6.09. The van der Waals surface area contributed by atoms with Crippen LogP contribution in [0.25, 0.3) is 0 Å². The minimum Gasteiger partial charge on any atom is -0.328 e. The molecule has 4 heteroatoms. The minimum absolute atomic E-state index is 0.385. The Hall–Kier alpha value is 0.0700. The summed E-state index contributed by atoms with van der Waals surface area (Å²) in [5, 5.41) is 0. The Labute approximate surface area is 83.1 Å². The van der Waals surface area contributed by atoms with Crippen molar-refractivity contribution in [1.29, 1.82) is 0 Å². The summed E-state index contributed by atoms with van der Waals surface area (Å²) in [6.45, 7) is 4.29. The van der Waals surface area contributed by atoms with Gasteiger partial charge in [-0.25, -0.2) is 0 Å². The Bertz CT molecular complexity index is 178. The van der Waals surface area contributed by atoms with Gasteiger partial charge >= 0.3 is 0 Å². The molecule has 78 valence electrons. The highest BCUT2D eigenvalue weighted by molar-refractivity contribution is 7.84. The maximum atomic E-state index is 11.0. The Morgan fingerprint density at radius 1 is 1.54 bits per heavy atom. The van der Waals surface area contributed by atoms with Crippen LogP contribution in [0, 0.1) is 0 Å². The van der Waals surface area contributed by atoms with Gasteiger partial charge in [0.2, 0.25) is 0 Å². The maximum Gasteiger partial charge on any atom is 0.0385 e. The lowest BCUT2D eigenvalue weighted by Crippen LogP contribution is -2.45. The Morgan fingerprint density at radius 2 is 2.08 bits per heavy atom. The van der Waals surface area contributed by atoms with Crippen LogP contribution in [0.3, 0.4) is 0 Å². The second kappa shape index (κ2) is 5.08. The molecule has 3 nitrogen and oxygen atoms in total. The molecule has 2 atom stereocenters. The molecule has 1 saturated heterocycles. The van der Waals surface area contributed by atoms with Crippen LogP contribution >= 0.6 is 0 Å². The highest BCUT2D eigenvalue weighted by atomic mass is 32.2. The van der Waals surface area contributed by atoms with Crippen LogP contribution in [0.2, 0.25) is 0 Å². The average Bonchev–Trinajstić information content (AvgIpc) is 2.04. The fourth-order valence-corrected chi connectivity index (χ4v) is 2.70. The molecule has 1 rings (SSSR count). The molecule has 0 amide bonds. The van der Waals surface area contributed by atoms with E-state index in [1.54, 1.807) is 6.26 Å². The third kappa shape index (κ3) is 3.75. The van der Waals surface area contributed by atoms with Gasteiger partial charge in [-0.15, -0.1) is 0 Å². The molecule has 0 aromatic rings. The van der Waals surface area contributed by atoms with Gasteiger partial charge in [-0.3, -0.25) is 9.11 Å². The number of hydrogen-bond donors (Lipinski definition) is 1. The van der Waals surface area contributed by atoms with Crippen LogP contribution in [0.4, 0.5) is 0 Å². The largest absolute Gasteiger partial charge is 0.328 e. The van der Waals surface area contributed by atoms with Crippen molar-refractivity contribution in [2.24, 2.45) is 5.73 Å². The second-order valence-corrected chi connectivity index (χ2v) is 5.44. The third-order valence-corrected chi connectivity index (χ3v) is 3.63. The number of likely N-dealkylation sites (tertiary alicyclic amines) is 1. The molecule has 1 fully saturated rings. The van der Waals surface area contributed by atoms with Crippen molar-refractivity contribution in [1.82, 2.24) is 4.90 Å². The zero-order chi connectivity index (χ0) is 9.84. The van der Waals surface area contributed by atoms with E-state index in [4.69, 9.17) is 5.73 Å². The number of nitrogens with zero attached hydrogens (tertiary/aromatic N) is 1. The number of piperidine rings is 1. The molecule has 2 N–H and O–H groups in total. The van der Waals surface area contributed by atoms with E-state index in [0.29, 0.717) is 12.1 Å². The summed E-state index contributed by atoms with van der Waals surface area (Å²) < 4.78 is 11.0. The molecule has 0 saturated carbocycles. The van der Waals surface area contributed by atoms with E-state index in [1.165, 1.54) is 0 Å². The lowest BCUT2D eigenvalue weighted by atomic mass is 10.1. The van der Waals surface area contributed by atoms with Gasteiger partial charge in [0.15, 0.2) is 0 Å². The van der Waals surface area contributed by atoms with Crippen LogP contribution < -0.4 is 5.73 Å². The molecule has 0 bridgehead atoms. The topological polar surface area (TPSA) is 46.3 Å². The molecule has 0 aromatic carbocycles. The molecule has 0 aromatic heterocycles. The molecular formula is C9H20N2OS. The standard InChI is InChI=1S/C9H20N2OS/c1-8(7-13(2)12)11-5-3-9(10)4-6-11/h8-9H,3-7,10H2,1-2H3. The second-order valence-electron chi connectivity index (χ2n) is 3.96. The molecule has 0 spiro atoms.